The number of aryl methyl sites for hydroxylation is 2. The van der Waals surface area contributed by atoms with E-state index in [4.69, 9.17) is 0 Å². The molecule has 28 heavy (non-hydrogen) atoms. The maximum atomic E-state index is 13.2. The Kier molecular flexibility index (Phi) is 7.80. The van der Waals surface area contributed by atoms with Crippen LogP contribution in [0.5, 0.6) is 0 Å². The van der Waals surface area contributed by atoms with Gasteiger partial charge in [-0.15, -0.1) is 0 Å². The molecule has 0 aromatic heterocycles. The first-order valence-corrected chi connectivity index (χ1v) is 10.0. The Balaban J connectivity index is 2.28. The number of carbonyl (C=O) groups is 2. The van der Waals surface area contributed by atoms with Gasteiger partial charge in [-0.1, -0.05) is 55.5 Å². The number of hydrogen-bond acceptors (Lipinski definition) is 2. The SMILES string of the molecule is CCC(C(=O)NC(C)C)N(Cc1ccccc1)C(=O)Cc1ccc(C)c(C)c1. The van der Waals surface area contributed by atoms with E-state index in [1.165, 1.54) is 11.1 Å². The van der Waals surface area contributed by atoms with Gasteiger partial charge < -0.3 is 10.2 Å². The van der Waals surface area contributed by atoms with Crippen molar-refractivity contribution in [1.82, 2.24) is 10.2 Å². The van der Waals surface area contributed by atoms with Crippen LogP contribution in [0.4, 0.5) is 0 Å². The van der Waals surface area contributed by atoms with Crippen molar-refractivity contribution >= 4 is 11.8 Å². The zero-order chi connectivity index (χ0) is 20.7. The second-order valence-corrected chi connectivity index (χ2v) is 7.69. The van der Waals surface area contributed by atoms with Gasteiger partial charge >= 0.3 is 0 Å². The molecule has 1 N–H and O–H groups in total. The number of nitrogens with one attached hydrogen (secondary N) is 1. The summed E-state index contributed by atoms with van der Waals surface area (Å²) in [7, 11) is 0. The Morgan fingerprint density at radius 1 is 0.964 bits per heavy atom. The molecule has 2 aromatic rings. The summed E-state index contributed by atoms with van der Waals surface area (Å²) in [5.74, 6) is -0.125. The summed E-state index contributed by atoms with van der Waals surface area (Å²) in [5.41, 5.74) is 4.38. The number of rotatable bonds is 8. The minimum atomic E-state index is -0.485. The second kappa shape index (κ2) is 10.1. The van der Waals surface area contributed by atoms with Crippen molar-refractivity contribution in [2.75, 3.05) is 0 Å². The van der Waals surface area contributed by atoms with E-state index >= 15 is 0 Å². The average molecular weight is 381 g/mol. The predicted octanol–water partition coefficient (Wildman–Crippen LogP) is 4.18. The molecule has 0 radical (unpaired) electrons. The molecule has 0 saturated carbocycles. The summed E-state index contributed by atoms with van der Waals surface area (Å²) >= 11 is 0. The lowest BCUT2D eigenvalue weighted by Gasteiger charge is -2.31. The average Bonchev–Trinajstić information content (AvgIpc) is 2.64. The molecule has 2 amide bonds. The molecule has 2 rings (SSSR count). The molecule has 1 atom stereocenters. The highest BCUT2D eigenvalue weighted by Gasteiger charge is 2.28. The van der Waals surface area contributed by atoms with E-state index in [1.54, 1.807) is 4.90 Å². The van der Waals surface area contributed by atoms with Gasteiger partial charge in [0.2, 0.25) is 11.8 Å². The number of hydrogen-bond donors (Lipinski definition) is 1. The Labute approximate surface area is 169 Å². The Morgan fingerprint density at radius 3 is 2.21 bits per heavy atom. The third-order valence-electron chi connectivity index (χ3n) is 4.94. The summed E-state index contributed by atoms with van der Waals surface area (Å²) in [4.78, 5) is 27.7. The molecular weight excluding hydrogens is 348 g/mol. The number of benzene rings is 2. The zero-order valence-electron chi connectivity index (χ0n) is 17.7. The molecule has 4 heteroatoms. The molecule has 0 spiro atoms. The molecule has 150 valence electrons. The summed E-state index contributed by atoms with van der Waals surface area (Å²) in [6, 6.07) is 15.5. The lowest BCUT2D eigenvalue weighted by molar-refractivity contribution is -0.141. The van der Waals surface area contributed by atoms with Gasteiger partial charge in [0.25, 0.3) is 0 Å². The molecule has 0 aliphatic heterocycles. The van der Waals surface area contributed by atoms with Crippen molar-refractivity contribution in [2.24, 2.45) is 0 Å². The third kappa shape index (κ3) is 5.95. The van der Waals surface area contributed by atoms with Crippen LogP contribution in [0.2, 0.25) is 0 Å². The predicted molar refractivity (Wildman–Crippen MR) is 114 cm³/mol. The van der Waals surface area contributed by atoms with Crippen molar-refractivity contribution in [2.45, 2.75) is 66.1 Å². The molecule has 2 aromatic carbocycles. The van der Waals surface area contributed by atoms with Gasteiger partial charge in [-0.25, -0.2) is 0 Å². The van der Waals surface area contributed by atoms with Gasteiger partial charge in [-0.2, -0.15) is 0 Å². The van der Waals surface area contributed by atoms with E-state index < -0.39 is 6.04 Å². The van der Waals surface area contributed by atoms with Gasteiger partial charge in [-0.3, -0.25) is 9.59 Å². The Morgan fingerprint density at radius 2 is 1.64 bits per heavy atom. The fourth-order valence-corrected chi connectivity index (χ4v) is 3.27. The zero-order valence-corrected chi connectivity index (χ0v) is 17.7. The molecule has 4 nitrogen and oxygen atoms in total. The maximum absolute atomic E-state index is 13.2. The second-order valence-electron chi connectivity index (χ2n) is 7.69. The minimum absolute atomic E-state index is 0.0298. The summed E-state index contributed by atoms with van der Waals surface area (Å²) in [6.07, 6.45) is 0.865. The third-order valence-corrected chi connectivity index (χ3v) is 4.94. The Hall–Kier alpha value is -2.62. The molecule has 0 fully saturated rings. The van der Waals surface area contributed by atoms with Crippen LogP contribution in [0.3, 0.4) is 0 Å². The van der Waals surface area contributed by atoms with Crippen LogP contribution in [0.25, 0.3) is 0 Å². The minimum Gasteiger partial charge on any atom is -0.352 e. The number of nitrogens with zero attached hydrogens (tertiary/aromatic N) is 1. The van der Waals surface area contributed by atoms with Crippen molar-refractivity contribution in [3.8, 4) is 0 Å². The van der Waals surface area contributed by atoms with Crippen molar-refractivity contribution < 1.29 is 9.59 Å². The Bertz CT molecular complexity index is 800. The highest BCUT2D eigenvalue weighted by molar-refractivity contribution is 5.88. The lowest BCUT2D eigenvalue weighted by Crippen LogP contribution is -2.50. The maximum Gasteiger partial charge on any atom is 0.243 e. The van der Waals surface area contributed by atoms with Crippen LogP contribution in [0.15, 0.2) is 48.5 Å². The number of carbonyl (C=O) groups excluding carboxylic acids is 2. The first-order valence-electron chi connectivity index (χ1n) is 10.0. The van der Waals surface area contributed by atoms with Crippen molar-refractivity contribution in [3.63, 3.8) is 0 Å². The van der Waals surface area contributed by atoms with Crippen LogP contribution in [-0.2, 0) is 22.6 Å². The summed E-state index contributed by atoms with van der Waals surface area (Å²) in [5, 5.41) is 2.96. The monoisotopic (exact) mass is 380 g/mol. The molecule has 0 aliphatic carbocycles. The van der Waals surface area contributed by atoms with Gasteiger partial charge in [0, 0.05) is 12.6 Å². The molecular formula is C24H32N2O2. The lowest BCUT2D eigenvalue weighted by atomic mass is 10.0. The van der Waals surface area contributed by atoms with E-state index in [9.17, 15) is 9.59 Å². The fraction of sp³-hybridized carbons (Fsp3) is 0.417. The highest BCUT2D eigenvalue weighted by atomic mass is 16.2. The molecule has 0 heterocycles. The topological polar surface area (TPSA) is 49.4 Å². The molecule has 0 saturated heterocycles. The largest absolute Gasteiger partial charge is 0.352 e. The highest BCUT2D eigenvalue weighted by Crippen LogP contribution is 2.16. The van der Waals surface area contributed by atoms with Gasteiger partial charge in [0.15, 0.2) is 0 Å². The molecule has 0 aliphatic rings. The summed E-state index contributed by atoms with van der Waals surface area (Å²) in [6.45, 7) is 10.4. The number of amides is 2. The van der Waals surface area contributed by atoms with E-state index in [1.807, 2.05) is 63.2 Å². The van der Waals surface area contributed by atoms with E-state index in [0.717, 1.165) is 11.1 Å². The van der Waals surface area contributed by atoms with Gasteiger partial charge in [0.05, 0.1) is 6.42 Å². The van der Waals surface area contributed by atoms with Crippen LogP contribution in [0, 0.1) is 13.8 Å². The first kappa shape index (κ1) is 21.7. The fourth-order valence-electron chi connectivity index (χ4n) is 3.27. The van der Waals surface area contributed by atoms with Crippen molar-refractivity contribution in [1.29, 1.82) is 0 Å². The van der Waals surface area contributed by atoms with Crippen LogP contribution in [0.1, 0.15) is 49.4 Å². The molecule has 1 unspecified atom stereocenters. The van der Waals surface area contributed by atoms with E-state index in [2.05, 4.69) is 25.2 Å². The normalized spacial score (nSPS) is 11.9. The molecule has 0 bridgehead atoms. The van der Waals surface area contributed by atoms with E-state index in [0.29, 0.717) is 19.4 Å². The standard InChI is InChI=1S/C24H32N2O2/c1-6-22(24(28)25-17(2)3)26(16-20-10-8-7-9-11-20)23(27)15-21-13-12-18(4)19(5)14-21/h7-14,17,22H,6,15-16H2,1-5H3,(H,25,28). The van der Waals surface area contributed by atoms with E-state index in [-0.39, 0.29) is 17.9 Å². The smallest absolute Gasteiger partial charge is 0.243 e. The van der Waals surface area contributed by atoms with Crippen LogP contribution >= 0.6 is 0 Å². The van der Waals surface area contributed by atoms with Gasteiger partial charge in [0.1, 0.15) is 6.04 Å². The first-order chi connectivity index (χ1) is 13.3. The van der Waals surface area contributed by atoms with Crippen LogP contribution in [-0.4, -0.2) is 28.8 Å². The summed E-state index contributed by atoms with van der Waals surface area (Å²) < 4.78 is 0. The van der Waals surface area contributed by atoms with Crippen molar-refractivity contribution in [3.05, 3.63) is 70.8 Å². The van der Waals surface area contributed by atoms with Crippen LogP contribution < -0.4 is 5.32 Å². The quantitative estimate of drug-likeness (QED) is 0.747. The van der Waals surface area contributed by atoms with Gasteiger partial charge in [-0.05, 0) is 56.4 Å².